The van der Waals surface area contributed by atoms with Crippen molar-refractivity contribution >= 4 is 32.7 Å². The second-order valence-corrected chi connectivity index (χ2v) is 7.50. The highest BCUT2D eigenvalue weighted by Gasteiger charge is 2.21. The Balaban J connectivity index is 2.17. The van der Waals surface area contributed by atoms with Gasteiger partial charge in [-0.2, -0.15) is 0 Å². The van der Waals surface area contributed by atoms with E-state index in [0.717, 1.165) is 15.1 Å². The highest BCUT2D eigenvalue weighted by molar-refractivity contribution is 7.90. The topological polar surface area (TPSA) is 78.0 Å². The zero-order chi connectivity index (χ0) is 16.6. The summed E-state index contributed by atoms with van der Waals surface area (Å²) in [7, 11) is -3.71. The first-order valence-corrected chi connectivity index (χ1v) is 8.93. The lowest BCUT2D eigenvalue weighted by Gasteiger charge is -2.08. The number of hydrogen-bond donors (Lipinski definition) is 1. The van der Waals surface area contributed by atoms with Crippen LogP contribution < -0.4 is 5.73 Å². The minimum Gasteiger partial charge on any atom is -0.330 e. The van der Waals surface area contributed by atoms with Crippen molar-refractivity contribution in [2.24, 2.45) is 5.73 Å². The first-order chi connectivity index (χ1) is 10.9. The molecule has 0 aliphatic heterocycles. The summed E-state index contributed by atoms with van der Waals surface area (Å²) >= 11 is 6.35. The molecule has 0 fully saturated rings. The van der Waals surface area contributed by atoms with E-state index in [-0.39, 0.29) is 4.90 Å². The minimum absolute atomic E-state index is 0.213. The number of nitrogens with two attached hydrogens (primary N) is 1. The number of hydrogen-bond acceptors (Lipinski definition) is 4. The van der Waals surface area contributed by atoms with Crippen molar-refractivity contribution in [2.45, 2.75) is 18.2 Å². The van der Waals surface area contributed by atoms with Crippen LogP contribution in [0, 0.1) is 6.92 Å². The number of rotatable bonds is 4. The van der Waals surface area contributed by atoms with Crippen LogP contribution in [-0.4, -0.2) is 23.9 Å². The molecule has 0 aliphatic rings. The maximum atomic E-state index is 12.8. The van der Waals surface area contributed by atoms with Crippen molar-refractivity contribution in [3.8, 4) is 0 Å². The van der Waals surface area contributed by atoms with Gasteiger partial charge in [0.1, 0.15) is 0 Å². The maximum Gasteiger partial charge on any atom is 0.269 e. The summed E-state index contributed by atoms with van der Waals surface area (Å²) in [5.41, 5.74) is 7.67. The predicted octanol–water partition coefficient (Wildman–Crippen LogP) is 2.74. The van der Waals surface area contributed by atoms with E-state index >= 15 is 0 Å². The molecule has 0 radical (unpaired) electrons. The quantitative estimate of drug-likeness (QED) is 0.785. The third-order valence-electron chi connectivity index (χ3n) is 3.68. The molecule has 0 unspecified atom stereocenters. The molecule has 3 rings (SSSR count). The Morgan fingerprint density at radius 2 is 1.91 bits per heavy atom. The number of aromatic nitrogens is 2. The van der Waals surface area contributed by atoms with Gasteiger partial charge in [-0.05, 0) is 43.7 Å². The van der Waals surface area contributed by atoms with Gasteiger partial charge in [0.05, 0.1) is 9.92 Å². The molecular formula is C16H16ClN3O2S. The number of fused-ring (bicyclic) bond motifs is 1. The molecule has 3 aromatic rings. The van der Waals surface area contributed by atoms with E-state index in [9.17, 15) is 8.42 Å². The van der Waals surface area contributed by atoms with Crippen molar-refractivity contribution in [2.75, 3.05) is 6.54 Å². The van der Waals surface area contributed by atoms with Crippen LogP contribution >= 0.6 is 11.6 Å². The van der Waals surface area contributed by atoms with E-state index in [0.29, 0.717) is 29.0 Å². The average molecular weight is 350 g/mol. The van der Waals surface area contributed by atoms with E-state index < -0.39 is 10.0 Å². The van der Waals surface area contributed by atoms with Crippen LogP contribution in [0.4, 0.5) is 0 Å². The Bertz CT molecular complexity index is 963. The molecule has 7 heteroatoms. The van der Waals surface area contributed by atoms with Gasteiger partial charge in [-0.3, -0.25) is 0 Å². The Hall–Kier alpha value is -1.89. The van der Waals surface area contributed by atoms with Crippen LogP contribution in [0.3, 0.4) is 0 Å². The third kappa shape index (κ3) is 2.73. The van der Waals surface area contributed by atoms with Crippen molar-refractivity contribution in [1.29, 1.82) is 0 Å². The molecule has 0 saturated carbocycles. The van der Waals surface area contributed by atoms with Gasteiger partial charge in [0.2, 0.25) is 0 Å². The summed E-state index contributed by atoms with van der Waals surface area (Å²) in [6.07, 6.45) is 3.65. The van der Waals surface area contributed by atoms with Gasteiger partial charge in [0, 0.05) is 17.8 Å². The van der Waals surface area contributed by atoms with Crippen LogP contribution in [0.5, 0.6) is 0 Å². The Labute approximate surface area is 139 Å². The first kappa shape index (κ1) is 16.0. The number of pyridine rings is 1. The Kier molecular flexibility index (Phi) is 4.14. The summed E-state index contributed by atoms with van der Waals surface area (Å²) in [6.45, 7) is 2.36. The lowest BCUT2D eigenvalue weighted by Crippen LogP contribution is -2.12. The van der Waals surface area contributed by atoms with E-state index in [4.69, 9.17) is 17.3 Å². The van der Waals surface area contributed by atoms with Gasteiger partial charge >= 0.3 is 0 Å². The predicted molar refractivity (Wildman–Crippen MR) is 91.3 cm³/mol. The molecule has 5 nitrogen and oxygen atoms in total. The fourth-order valence-electron chi connectivity index (χ4n) is 2.42. The highest BCUT2D eigenvalue weighted by atomic mass is 35.5. The molecule has 2 N–H and O–H groups in total. The van der Waals surface area contributed by atoms with Crippen LogP contribution in [0.25, 0.3) is 11.0 Å². The van der Waals surface area contributed by atoms with E-state index in [2.05, 4.69) is 4.98 Å². The maximum absolute atomic E-state index is 12.8. The molecule has 2 aromatic heterocycles. The summed E-state index contributed by atoms with van der Waals surface area (Å²) in [4.78, 5) is 4.49. The molecule has 23 heavy (non-hydrogen) atoms. The van der Waals surface area contributed by atoms with Gasteiger partial charge in [0.15, 0.2) is 5.65 Å². The summed E-state index contributed by atoms with van der Waals surface area (Å²) in [6, 6.07) is 8.36. The zero-order valence-electron chi connectivity index (χ0n) is 12.5. The average Bonchev–Trinajstić information content (AvgIpc) is 2.96. The van der Waals surface area contributed by atoms with E-state index in [1.54, 1.807) is 36.5 Å². The van der Waals surface area contributed by atoms with E-state index in [1.807, 2.05) is 6.92 Å². The molecule has 1 aromatic carbocycles. The van der Waals surface area contributed by atoms with Gasteiger partial charge in [-0.1, -0.05) is 29.3 Å². The second kappa shape index (κ2) is 5.96. The monoisotopic (exact) mass is 349 g/mol. The lowest BCUT2D eigenvalue weighted by molar-refractivity contribution is 0.588. The largest absolute Gasteiger partial charge is 0.330 e. The van der Waals surface area contributed by atoms with Crippen molar-refractivity contribution < 1.29 is 8.42 Å². The lowest BCUT2D eigenvalue weighted by atomic mass is 10.2. The molecule has 0 bridgehead atoms. The highest BCUT2D eigenvalue weighted by Crippen LogP contribution is 2.29. The minimum atomic E-state index is -3.71. The summed E-state index contributed by atoms with van der Waals surface area (Å²) in [5.74, 6) is 0. The summed E-state index contributed by atoms with van der Waals surface area (Å²) < 4.78 is 26.8. The number of nitrogens with zero attached hydrogens (tertiary/aromatic N) is 2. The van der Waals surface area contributed by atoms with Crippen molar-refractivity contribution in [3.63, 3.8) is 0 Å². The van der Waals surface area contributed by atoms with Gasteiger partial charge < -0.3 is 5.73 Å². The molecule has 0 spiro atoms. The smallest absolute Gasteiger partial charge is 0.269 e. The molecule has 0 saturated heterocycles. The molecule has 0 aliphatic carbocycles. The van der Waals surface area contributed by atoms with Gasteiger partial charge in [-0.25, -0.2) is 17.4 Å². The molecule has 2 heterocycles. The fraction of sp³-hybridized carbons (Fsp3) is 0.188. The second-order valence-electron chi connectivity index (χ2n) is 5.30. The SMILES string of the molecule is Cc1ccc(S(=O)(=O)n2ccc3c(Cl)c(CCN)cnc32)cc1. The third-order valence-corrected chi connectivity index (χ3v) is 5.81. The standard InChI is InChI=1S/C16H16ClN3O2S/c1-11-2-4-13(5-3-11)23(21,22)20-9-7-14-15(17)12(6-8-18)10-19-16(14)20/h2-5,7,9-10H,6,8,18H2,1H3. The fourth-order valence-corrected chi connectivity index (χ4v) is 4.01. The Morgan fingerprint density at radius 3 is 2.57 bits per heavy atom. The van der Waals surface area contributed by atoms with Crippen LogP contribution in [0.15, 0.2) is 47.6 Å². The van der Waals surface area contributed by atoms with Gasteiger partial charge in [0.25, 0.3) is 10.0 Å². The van der Waals surface area contributed by atoms with Crippen LogP contribution in [0.2, 0.25) is 5.02 Å². The summed E-state index contributed by atoms with van der Waals surface area (Å²) in [5, 5.41) is 1.10. The van der Waals surface area contributed by atoms with E-state index in [1.165, 1.54) is 6.20 Å². The van der Waals surface area contributed by atoms with Crippen molar-refractivity contribution in [3.05, 3.63) is 58.9 Å². The zero-order valence-corrected chi connectivity index (χ0v) is 14.1. The van der Waals surface area contributed by atoms with Gasteiger partial charge in [-0.15, -0.1) is 0 Å². The molecular weight excluding hydrogens is 334 g/mol. The Morgan fingerprint density at radius 1 is 1.22 bits per heavy atom. The van der Waals surface area contributed by atoms with Crippen LogP contribution in [0.1, 0.15) is 11.1 Å². The van der Waals surface area contributed by atoms with Crippen molar-refractivity contribution in [1.82, 2.24) is 8.96 Å². The number of halogens is 1. The molecule has 0 atom stereocenters. The number of benzene rings is 1. The molecule has 120 valence electrons. The molecule has 0 amide bonds. The number of aryl methyl sites for hydroxylation is 1. The normalized spacial score (nSPS) is 12.0. The first-order valence-electron chi connectivity index (χ1n) is 7.12. The van der Waals surface area contributed by atoms with Crippen LogP contribution in [-0.2, 0) is 16.4 Å².